The van der Waals surface area contributed by atoms with Crippen LogP contribution in [0.5, 0.6) is 0 Å². The number of carbonyl (C=O) groups is 1. The van der Waals surface area contributed by atoms with E-state index < -0.39 is 6.09 Å². The average Bonchev–Trinajstić information content (AvgIpc) is 2.41. The smallest absolute Gasteiger partial charge is 0.404 e. The number of benzene rings is 1. The van der Waals surface area contributed by atoms with Crippen molar-refractivity contribution in [2.24, 2.45) is 0 Å². The summed E-state index contributed by atoms with van der Waals surface area (Å²) in [5.74, 6) is -0.0576. The highest BCUT2D eigenvalue weighted by Crippen LogP contribution is 2.22. The first-order chi connectivity index (χ1) is 8.77. The maximum Gasteiger partial charge on any atom is 0.404 e. The summed E-state index contributed by atoms with van der Waals surface area (Å²) in [4.78, 5) is 10.6. The number of nitrogens with zero attached hydrogens (tertiary/aromatic N) is 2. The summed E-state index contributed by atoms with van der Waals surface area (Å²) in [5, 5.41) is 18.7. The van der Waals surface area contributed by atoms with Crippen molar-refractivity contribution in [3.63, 3.8) is 0 Å². The highest BCUT2D eigenvalue weighted by atomic mass is 16.4. The van der Waals surface area contributed by atoms with Crippen LogP contribution in [0.1, 0.15) is 17.0 Å². The van der Waals surface area contributed by atoms with E-state index in [0.29, 0.717) is 6.54 Å². The minimum atomic E-state index is -1.03. The second kappa shape index (κ2) is 5.77. The van der Waals surface area contributed by atoms with Crippen LogP contribution in [0.4, 0.5) is 4.79 Å². The van der Waals surface area contributed by atoms with Gasteiger partial charge in [0.05, 0.1) is 6.20 Å². The lowest BCUT2D eigenvalue weighted by Gasteiger charge is -2.17. The van der Waals surface area contributed by atoms with Crippen LogP contribution >= 0.6 is 0 Å². The van der Waals surface area contributed by atoms with Crippen LogP contribution in [0.25, 0.3) is 0 Å². The Labute approximate surface area is 104 Å². The van der Waals surface area contributed by atoms with Crippen LogP contribution in [-0.2, 0) is 0 Å². The highest BCUT2D eigenvalue weighted by Gasteiger charge is 2.15. The lowest BCUT2D eigenvalue weighted by molar-refractivity contribution is 0.194. The standard InChI is InChI=1S/C13H13N3O2/c17-13(18)14-9-12(10-4-2-1-3-5-10)11-6-7-15-16-8-11/h1-8,12,14H,9H2,(H,17,18). The Balaban J connectivity index is 2.26. The molecule has 0 aliphatic heterocycles. The monoisotopic (exact) mass is 243 g/mol. The van der Waals surface area contributed by atoms with E-state index in [9.17, 15) is 4.79 Å². The molecule has 1 unspecified atom stereocenters. The molecule has 0 saturated heterocycles. The van der Waals surface area contributed by atoms with Gasteiger partial charge in [0.25, 0.3) is 0 Å². The number of hydrogen-bond donors (Lipinski definition) is 2. The Morgan fingerprint density at radius 3 is 2.56 bits per heavy atom. The molecular weight excluding hydrogens is 230 g/mol. The summed E-state index contributed by atoms with van der Waals surface area (Å²) >= 11 is 0. The Bertz CT molecular complexity index is 463. The number of carboxylic acid groups (broad SMARTS) is 1. The number of nitrogens with one attached hydrogen (secondary N) is 1. The van der Waals surface area contributed by atoms with E-state index >= 15 is 0 Å². The van der Waals surface area contributed by atoms with Crippen molar-refractivity contribution in [1.82, 2.24) is 15.5 Å². The fourth-order valence-corrected chi connectivity index (χ4v) is 1.81. The molecule has 2 rings (SSSR count). The number of rotatable bonds is 4. The van der Waals surface area contributed by atoms with Crippen molar-refractivity contribution in [3.05, 3.63) is 59.9 Å². The molecule has 5 heteroatoms. The van der Waals surface area contributed by atoms with Crippen LogP contribution in [-0.4, -0.2) is 27.9 Å². The van der Waals surface area contributed by atoms with Crippen LogP contribution in [0.3, 0.4) is 0 Å². The maximum absolute atomic E-state index is 10.6. The minimum Gasteiger partial charge on any atom is -0.465 e. The van der Waals surface area contributed by atoms with Gasteiger partial charge in [-0.15, -0.1) is 0 Å². The van der Waals surface area contributed by atoms with Gasteiger partial charge < -0.3 is 10.4 Å². The molecule has 1 heterocycles. The molecule has 0 fully saturated rings. The van der Waals surface area contributed by atoms with E-state index in [4.69, 9.17) is 5.11 Å². The summed E-state index contributed by atoms with van der Waals surface area (Å²) < 4.78 is 0. The molecule has 2 N–H and O–H groups in total. The molecule has 5 nitrogen and oxygen atoms in total. The van der Waals surface area contributed by atoms with Gasteiger partial charge in [0.15, 0.2) is 0 Å². The molecule has 0 radical (unpaired) electrons. The van der Waals surface area contributed by atoms with Gasteiger partial charge in [-0.05, 0) is 17.2 Å². The molecule has 0 spiro atoms. The van der Waals surface area contributed by atoms with E-state index in [2.05, 4.69) is 15.5 Å². The first-order valence-corrected chi connectivity index (χ1v) is 5.55. The number of aromatic nitrogens is 2. The van der Waals surface area contributed by atoms with Crippen LogP contribution in [0, 0.1) is 0 Å². The van der Waals surface area contributed by atoms with Gasteiger partial charge in [0.1, 0.15) is 0 Å². The highest BCUT2D eigenvalue weighted by molar-refractivity contribution is 5.64. The molecule has 1 aromatic carbocycles. The van der Waals surface area contributed by atoms with E-state index in [-0.39, 0.29) is 5.92 Å². The van der Waals surface area contributed by atoms with Gasteiger partial charge in [-0.1, -0.05) is 30.3 Å². The normalized spacial score (nSPS) is 11.8. The topological polar surface area (TPSA) is 75.1 Å². The SMILES string of the molecule is O=C(O)NCC(c1ccccc1)c1ccnnc1. The molecule has 0 aliphatic carbocycles. The van der Waals surface area contributed by atoms with Gasteiger partial charge >= 0.3 is 6.09 Å². The first-order valence-electron chi connectivity index (χ1n) is 5.55. The molecule has 1 amide bonds. The third kappa shape index (κ3) is 3.04. The number of amides is 1. The summed E-state index contributed by atoms with van der Waals surface area (Å²) in [6.07, 6.45) is 2.23. The second-order valence-corrected chi connectivity index (χ2v) is 3.83. The molecule has 18 heavy (non-hydrogen) atoms. The first kappa shape index (κ1) is 12.0. The van der Waals surface area contributed by atoms with Crippen molar-refractivity contribution in [3.8, 4) is 0 Å². The van der Waals surface area contributed by atoms with Crippen LogP contribution < -0.4 is 5.32 Å². The van der Waals surface area contributed by atoms with Gasteiger partial charge in [0, 0.05) is 18.7 Å². The van der Waals surface area contributed by atoms with Gasteiger partial charge in [-0.3, -0.25) is 0 Å². The lowest BCUT2D eigenvalue weighted by Crippen LogP contribution is -2.27. The fraction of sp³-hybridized carbons (Fsp3) is 0.154. The van der Waals surface area contributed by atoms with E-state index in [0.717, 1.165) is 11.1 Å². The predicted octanol–water partition coefficient (Wildman–Crippen LogP) is 1.88. The van der Waals surface area contributed by atoms with E-state index in [1.54, 1.807) is 12.4 Å². The third-order valence-electron chi connectivity index (χ3n) is 2.67. The fourth-order valence-electron chi connectivity index (χ4n) is 1.81. The molecule has 0 saturated carbocycles. The van der Waals surface area contributed by atoms with Crippen molar-refractivity contribution in [2.45, 2.75) is 5.92 Å². The minimum absolute atomic E-state index is 0.0576. The van der Waals surface area contributed by atoms with Gasteiger partial charge in [0.2, 0.25) is 0 Å². The Hall–Kier alpha value is -2.43. The third-order valence-corrected chi connectivity index (χ3v) is 2.67. The van der Waals surface area contributed by atoms with Crippen molar-refractivity contribution in [2.75, 3.05) is 6.54 Å². The zero-order valence-corrected chi connectivity index (χ0v) is 9.65. The Kier molecular flexibility index (Phi) is 3.86. The van der Waals surface area contributed by atoms with E-state index in [1.807, 2.05) is 36.4 Å². The van der Waals surface area contributed by atoms with Gasteiger partial charge in [-0.2, -0.15) is 10.2 Å². The van der Waals surface area contributed by atoms with Crippen LogP contribution in [0.2, 0.25) is 0 Å². The largest absolute Gasteiger partial charge is 0.465 e. The summed E-state index contributed by atoms with van der Waals surface area (Å²) in [6, 6.07) is 11.6. The molecule has 0 bridgehead atoms. The van der Waals surface area contributed by atoms with Crippen molar-refractivity contribution < 1.29 is 9.90 Å². The zero-order chi connectivity index (χ0) is 12.8. The maximum atomic E-state index is 10.6. The molecular formula is C13H13N3O2. The van der Waals surface area contributed by atoms with Crippen LogP contribution in [0.15, 0.2) is 48.8 Å². The van der Waals surface area contributed by atoms with E-state index in [1.165, 1.54) is 0 Å². The molecule has 92 valence electrons. The molecule has 2 aromatic rings. The zero-order valence-electron chi connectivity index (χ0n) is 9.65. The molecule has 1 aromatic heterocycles. The molecule has 0 aliphatic rings. The summed E-state index contributed by atoms with van der Waals surface area (Å²) in [5.41, 5.74) is 1.98. The summed E-state index contributed by atoms with van der Waals surface area (Å²) in [7, 11) is 0. The Morgan fingerprint density at radius 1 is 1.17 bits per heavy atom. The molecule has 1 atom stereocenters. The van der Waals surface area contributed by atoms with Gasteiger partial charge in [-0.25, -0.2) is 4.79 Å². The predicted molar refractivity (Wildman–Crippen MR) is 66.3 cm³/mol. The van der Waals surface area contributed by atoms with Crippen molar-refractivity contribution in [1.29, 1.82) is 0 Å². The average molecular weight is 243 g/mol. The second-order valence-electron chi connectivity index (χ2n) is 3.83. The quantitative estimate of drug-likeness (QED) is 0.859. The lowest BCUT2D eigenvalue weighted by atomic mass is 9.93. The Morgan fingerprint density at radius 2 is 1.94 bits per heavy atom. The number of hydrogen-bond acceptors (Lipinski definition) is 3. The van der Waals surface area contributed by atoms with Crippen molar-refractivity contribution >= 4 is 6.09 Å². The summed E-state index contributed by atoms with van der Waals surface area (Å²) in [6.45, 7) is 0.311.